The first-order chi connectivity index (χ1) is 16.7. The zero-order chi connectivity index (χ0) is 28.1. The largest absolute Gasteiger partial charge is 0.393 e. The molecule has 0 radical (unpaired) electrons. The lowest BCUT2D eigenvalue weighted by atomic mass is 9.38. The summed E-state index contributed by atoms with van der Waals surface area (Å²) in [5.41, 5.74) is -5.07. The smallest absolute Gasteiger partial charge is 0.187 e. The van der Waals surface area contributed by atoms with Crippen LogP contribution in [0.2, 0.25) is 0 Å². The Bertz CT molecular complexity index is 1050. The Hall–Kier alpha value is -1.38. The van der Waals surface area contributed by atoms with E-state index in [1.807, 2.05) is 27.7 Å². The van der Waals surface area contributed by atoms with Gasteiger partial charge < -0.3 is 25.5 Å². The Morgan fingerprint density at radius 1 is 1.00 bits per heavy atom. The van der Waals surface area contributed by atoms with Gasteiger partial charge in [0.2, 0.25) is 0 Å². The summed E-state index contributed by atoms with van der Waals surface area (Å²) in [7, 11) is 0. The Morgan fingerprint density at radius 2 is 1.59 bits per heavy atom. The summed E-state index contributed by atoms with van der Waals surface area (Å²) in [5.74, 6) is -1.88. The minimum Gasteiger partial charge on any atom is -0.393 e. The zero-order valence-electron chi connectivity index (χ0n) is 23.6. The Labute approximate surface area is 220 Å². The Kier molecular flexibility index (Phi) is 6.43. The van der Waals surface area contributed by atoms with Crippen molar-refractivity contribution >= 4 is 11.6 Å². The topological polar surface area (TPSA) is 135 Å². The molecule has 7 heteroatoms. The summed E-state index contributed by atoms with van der Waals surface area (Å²) in [5, 5.41) is 54.6. The molecule has 0 spiro atoms. The maximum absolute atomic E-state index is 14.2. The van der Waals surface area contributed by atoms with Gasteiger partial charge in [-0.3, -0.25) is 9.59 Å². The van der Waals surface area contributed by atoms with Crippen molar-refractivity contribution in [3.63, 3.8) is 0 Å². The summed E-state index contributed by atoms with van der Waals surface area (Å²) in [4.78, 5) is 27.4. The molecule has 37 heavy (non-hydrogen) atoms. The standard InChI is InChI=1S/C30H46O7/c1-25(2,36)12-11-21(33)30(8,37)23-19(32)14-27(5)20-10-9-16-17(13-18(31)24(35)26(16,3)4)29(20,7)22(34)15-28(23,27)6/h9,11-12,17-20,23-24,31-32,35-37H,10,13-15H2,1-8H3/b12-11+/t17-,18+,19-,20+,23?,24-,27+,28-,29+,30?/m1/s1. The first kappa shape index (κ1) is 28.6. The predicted molar refractivity (Wildman–Crippen MR) is 139 cm³/mol. The molecule has 0 saturated heterocycles. The highest BCUT2D eigenvalue weighted by Crippen LogP contribution is 2.74. The van der Waals surface area contributed by atoms with E-state index in [4.69, 9.17) is 0 Å². The molecule has 3 saturated carbocycles. The summed E-state index contributed by atoms with van der Waals surface area (Å²) >= 11 is 0. The molecule has 4 rings (SSSR count). The van der Waals surface area contributed by atoms with E-state index in [9.17, 15) is 35.1 Å². The second kappa shape index (κ2) is 8.31. The molecule has 4 aliphatic carbocycles. The number of Topliss-reactive ketones (excluding diaryl/α,β-unsaturated/α-hetero) is 1. The van der Waals surface area contributed by atoms with Crippen LogP contribution in [0.3, 0.4) is 0 Å². The molecule has 208 valence electrons. The molecule has 7 nitrogen and oxygen atoms in total. The number of aliphatic hydroxyl groups is 5. The molecule has 5 N–H and O–H groups in total. The number of rotatable bonds is 4. The SMILES string of the molecule is CC(C)(O)/C=C/C(=O)C(C)(O)C1[C@H](O)C[C@@]2(C)[C@@H]3CC=C4[C@@H](C[C@H](O)[C@@H](O)C4(C)C)[C@]3(C)C(=O)C[C@]12C. The second-order valence-corrected chi connectivity index (χ2v) is 14.4. The van der Waals surface area contributed by atoms with E-state index < -0.39 is 62.9 Å². The molecule has 3 fully saturated rings. The molecule has 0 aliphatic heterocycles. The molecule has 0 bridgehead atoms. The van der Waals surface area contributed by atoms with E-state index in [2.05, 4.69) is 13.0 Å². The fourth-order valence-electron chi connectivity index (χ4n) is 9.15. The number of hydrogen-bond acceptors (Lipinski definition) is 7. The molecule has 0 aromatic heterocycles. The fraction of sp³-hybridized carbons (Fsp3) is 0.800. The minimum atomic E-state index is -1.94. The van der Waals surface area contributed by atoms with E-state index >= 15 is 0 Å². The van der Waals surface area contributed by atoms with Gasteiger partial charge in [-0.1, -0.05) is 52.3 Å². The van der Waals surface area contributed by atoms with E-state index in [1.165, 1.54) is 32.9 Å². The van der Waals surface area contributed by atoms with Gasteiger partial charge in [-0.2, -0.15) is 0 Å². The highest BCUT2D eigenvalue weighted by Gasteiger charge is 2.74. The molecule has 0 heterocycles. The van der Waals surface area contributed by atoms with Crippen molar-refractivity contribution in [1.29, 1.82) is 0 Å². The van der Waals surface area contributed by atoms with Gasteiger partial charge in [-0.25, -0.2) is 0 Å². The second-order valence-electron chi connectivity index (χ2n) is 14.4. The molecular formula is C30H46O7. The first-order valence-electron chi connectivity index (χ1n) is 13.6. The van der Waals surface area contributed by atoms with E-state index in [1.54, 1.807) is 0 Å². The zero-order valence-corrected chi connectivity index (χ0v) is 23.6. The van der Waals surface area contributed by atoms with E-state index in [0.717, 1.165) is 5.57 Å². The van der Waals surface area contributed by atoms with Gasteiger partial charge in [0.25, 0.3) is 0 Å². The van der Waals surface area contributed by atoms with Crippen LogP contribution in [0.15, 0.2) is 23.8 Å². The van der Waals surface area contributed by atoms with Gasteiger partial charge in [-0.05, 0) is 68.8 Å². The highest BCUT2D eigenvalue weighted by molar-refractivity contribution is 5.97. The average Bonchev–Trinajstić information content (AvgIpc) is 2.96. The predicted octanol–water partition coefficient (Wildman–Crippen LogP) is 2.72. The van der Waals surface area contributed by atoms with Crippen molar-refractivity contribution in [1.82, 2.24) is 0 Å². The van der Waals surface area contributed by atoms with E-state index in [0.29, 0.717) is 19.3 Å². The van der Waals surface area contributed by atoms with Gasteiger partial charge in [-0.15, -0.1) is 0 Å². The van der Waals surface area contributed by atoms with Crippen LogP contribution in [0.25, 0.3) is 0 Å². The van der Waals surface area contributed by atoms with Crippen LogP contribution in [0.4, 0.5) is 0 Å². The molecular weight excluding hydrogens is 472 g/mol. The number of ketones is 2. The van der Waals surface area contributed by atoms with Crippen molar-refractivity contribution in [2.75, 3.05) is 0 Å². The van der Waals surface area contributed by atoms with Crippen molar-refractivity contribution in [2.45, 2.75) is 111 Å². The van der Waals surface area contributed by atoms with Crippen molar-refractivity contribution in [3.05, 3.63) is 23.8 Å². The third-order valence-electron chi connectivity index (χ3n) is 11.4. The van der Waals surface area contributed by atoms with Gasteiger partial charge in [0.15, 0.2) is 5.78 Å². The number of fused-ring (bicyclic) bond motifs is 5. The van der Waals surface area contributed by atoms with Gasteiger partial charge >= 0.3 is 0 Å². The van der Waals surface area contributed by atoms with Crippen molar-refractivity contribution < 1.29 is 35.1 Å². The monoisotopic (exact) mass is 518 g/mol. The summed E-state index contributed by atoms with van der Waals surface area (Å²) in [6.07, 6.45) is 3.10. The van der Waals surface area contributed by atoms with Crippen LogP contribution < -0.4 is 0 Å². The first-order valence-corrected chi connectivity index (χ1v) is 13.6. The third-order valence-corrected chi connectivity index (χ3v) is 11.4. The number of carbonyl (C=O) groups excluding carboxylic acids is 2. The van der Waals surface area contributed by atoms with Crippen molar-refractivity contribution in [2.24, 2.45) is 39.4 Å². The van der Waals surface area contributed by atoms with Crippen LogP contribution in [0, 0.1) is 39.4 Å². The van der Waals surface area contributed by atoms with Crippen LogP contribution in [-0.2, 0) is 9.59 Å². The number of hydrogen-bond donors (Lipinski definition) is 5. The Morgan fingerprint density at radius 3 is 2.16 bits per heavy atom. The maximum Gasteiger partial charge on any atom is 0.187 e. The van der Waals surface area contributed by atoms with Crippen LogP contribution in [0.5, 0.6) is 0 Å². The maximum atomic E-state index is 14.2. The molecule has 0 amide bonds. The summed E-state index contributed by atoms with van der Waals surface area (Å²) < 4.78 is 0. The van der Waals surface area contributed by atoms with Gasteiger partial charge in [0, 0.05) is 23.2 Å². The summed E-state index contributed by atoms with van der Waals surface area (Å²) in [6, 6.07) is 0. The lowest BCUT2D eigenvalue weighted by molar-refractivity contribution is -0.186. The summed E-state index contributed by atoms with van der Waals surface area (Å²) in [6.45, 7) is 14.3. The van der Waals surface area contributed by atoms with Crippen LogP contribution in [0.1, 0.15) is 81.1 Å². The quantitative estimate of drug-likeness (QED) is 0.285. The van der Waals surface area contributed by atoms with Gasteiger partial charge in [0.1, 0.15) is 11.4 Å². The van der Waals surface area contributed by atoms with Crippen LogP contribution in [-0.4, -0.2) is 66.6 Å². The fourth-order valence-corrected chi connectivity index (χ4v) is 9.15. The number of carbonyl (C=O) groups is 2. The highest BCUT2D eigenvalue weighted by atomic mass is 16.3. The third kappa shape index (κ3) is 3.79. The molecule has 2 unspecified atom stereocenters. The van der Waals surface area contributed by atoms with E-state index in [-0.39, 0.29) is 24.0 Å². The lowest BCUT2D eigenvalue weighted by Gasteiger charge is -2.65. The average molecular weight is 519 g/mol. The molecule has 4 aliphatic rings. The lowest BCUT2D eigenvalue weighted by Crippen LogP contribution is -2.65. The van der Waals surface area contributed by atoms with Crippen LogP contribution >= 0.6 is 0 Å². The van der Waals surface area contributed by atoms with Gasteiger partial charge in [0.05, 0.1) is 23.9 Å². The molecule has 0 aromatic rings. The normalized spacial score (nSPS) is 47.1. The number of aliphatic hydroxyl groups excluding tert-OH is 3. The Balaban J connectivity index is 1.79. The molecule has 10 atom stereocenters. The van der Waals surface area contributed by atoms with Crippen molar-refractivity contribution in [3.8, 4) is 0 Å². The molecule has 0 aromatic carbocycles. The minimum absolute atomic E-state index is 0.0156. The number of allylic oxidation sites excluding steroid dienone is 1.